The number of hydrogen-bond donors (Lipinski definition) is 1. The average Bonchev–Trinajstić information content (AvgIpc) is 2.09. The summed E-state index contributed by atoms with van der Waals surface area (Å²) in [5, 5.41) is 3.56. The lowest BCUT2D eigenvalue weighted by atomic mass is 9.91. The van der Waals surface area contributed by atoms with Gasteiger partial charge in [-0.05, 0) is 38.6 Å². The van der Waals surface area contributed by atoms with Crippen LogP contribution in [0.2, 0.25) is 0 Å². The van der Waals surface area contributed by atoms with Crippen LogP contribution < -0.4 is 5.32 Å². The smallest absolute Gasteiger partial charge is 0.00389 e. The molecule has 2 unspecified atom stereocenters. The molecule has 12 heavy (non-hydrogen) atoms. The second-order valence-corrected chi connectivity index (χ2v) is 4.25. The zero-order valence-electron chi connectivity index (χ0n) is 8.60. The highest BCUT2D eigenvalue weighted by molar-refractivity contribution is 4.74. The molecule has 1 heterocycles. The van der Waals surface area contributed by atoms with Gasteiger partial charge in [0.2, 0.25) is 0 Å². The van der Waals surface area contributed by atoms with Gasteiger partial charge in [-0.2, -0.15) is 0 Å². The van der Waals surface area contributed by atoms with Crippen molar-refractivity contribution in [3.8, 4) is 0 Å². The molecule has 2 atom stereocenters. The first-order chi connectivity index (χ1) is 5.83. The quantitative estimate of drug-likeness (QED) is 0.638. The Bertz CT molecular complexity index is 104. The van der Waals surface area contributed by atoms with Gasteiger partial charge in [0.1, 0.15) is 0 Å². The fourth-order valence-corrected chi connectivity index (χ4v) is 1.99. The van der Waals surface area contributed by atoms with E-state index in [0.29, 0.717) is 0 Å². The van der Waals surface area contributed by atoms with E-state index in [0.717, 1.165) is 12.0 Å². The van der Waals surface area contributed by atoms with E-state index in [1.807, 2.05) is 0 Å². The minimum absolute atomic E-state index is 0.771. The summed E-state index contributed by atoms with van der Waals surface area (Å²) >= 11 is 0. The van der Waals surface area contributed by atoms with E-state index in [-0.39, 0.29) is 0 Å². The summed E-state index contributed by atoms with van der Waals surface area (Å²) in [6.07, 6.45) is 8.52. The second-order valence-electron chi connectivity index (χ2n) is 4.25. The third kappa shape index (κ3) is 3.57. The summed E-state index contributed by atoms with van der Waals surface area (Å²) in [7, 11) is 0. The third-order valence-corrected chi connectivity index (χ3v) is 2.98. The molecule has 0 radical (unpaired) electrons. The zero-order valence-corrected chi connectivity index (χ0v) is 8.60. The molecule has 0 spiro atoms. The molecule has 1 nitrogen and oxygen atoms in total. The van der Waals surface area contributed by atoms with Gasteiger partial charge in [0.25, 0.3) is 0 Å². The van der Waals surface area contributed by atoms with Crippen LogP contribution in [0.25, 0.3) is 0 Å². The SMILES string of the molecule is CCCCCC1CCC(C)NC1. The van der Waals surface area contributed by atoms with Gasteiger partial charge in [0.15, 0.2) is 0 Å². The van der Waals surface area contributed by atoms with E-state index in [4.69, 9.17) is 0 Å². The molecule has 0 bridgehead atoms. The van der Waals surface area contributed by atoms with Crippen molar-refractivity contribution in [1.29, 1.82) is 0 Å². The summed E-state index contributed by atoms with van der Waals surface area (Å²) in [5.41, 5.74) is 0. The zero-order chi connectivity index (χ0) is 8.81. The Morgan fingerprint density at radius 2 is 2.08 bits per heavy atom. The molecule has 1 fully saturated rings. The van der Waals surface area contributed by atoms with Crippen LogP contribution in [0.15, 0.2) is 0 Å². The van der Waals surface area contributed by atoms with Crippen LogP contribution in [0, 0.1) is 5.92 Å². The average molecular weight is 169 g/mol. The molecule has 1 aliphatic rings. The predicted octanol–water partition coefficient (Wildman–Crippen LogP) is 2.95. The van der Waals surface area contributed by atoms with Crippen LogP contribution in [0.5, 0.6) is 0 Å². The van der Waals surface area contributed by atoms with Crippen molar-refractivity contribution in [2.45, 2.75) is 58.4 Å². The van der Waals surface area contributed by atoms with Crippen LogP contribution in [-0.2, 0) is 0 Å². The summed E-state index contributed by atoms with van der Waals surface area (Å²) in [4.78, 5) is 0. The van der Waals surface area contributed by atoms with Crippen molar-refractivity contribution in [3.05, 3.63) is 0 Å². The summed E-state index contributed by atoms with van der Waals surface area (Å²) in [6, 6.07) is 0.771. The normalized spacial score (nSPS) is 30.5. The van der Waals surface area contributed by atoms with E-state index in [1.54, 1.807) is 0 Å². The first-order valence-electron chi connectivity index (χ1n) is 5.56. The molecule has 0 aliphatic carbocycles. The lowest BCUT2D eigenvalue weighted by Crippen LogP contribution is -2.36. The van der Waals surface area contributed by atoms with Gasteiger partial charge in [-0.1, -0.05) is 26.2 Å². The molecular weight excluding hydrogens is 146 g/mol. The second kappa shape index (κ2) is 5.58. The van der Waals surface area contributed by atoms with Crippen molar-refractivity contribution in [1.82, 2.24) is 5.32 Å². The third-order valence-electron chi connectivity index (χ3n) is 2.98. The van der Waals surface area contributed by atoms with Crippen molar-refractivity contribution in [2.24, 2.45) is 5.92 Å². The van der Waals surface area contributed by atoms with Gasteiger partial charge in [-0.25, -0.2) is 0 Å². The highest BCUT2D eigenvalue weighted by atomic mass is 14.9. The molecule has 1 saturated heterocycles. The van der Waals surface area contributed by atoms with Crippen molar-refractivity contribution in [3.63, 3.8) is 0 Å². The molecule has 1 rings (SSSR count). The maximum atomic E-state index is 3.56. The fourth-order valence-electron chi connectivity index (χ4n) is 1.99. The van der Waals surface area contributed by atoms with Crippen molar-refractivity contribution >= 4 is 0 Å². The van der Waals surface area contributed by atoms with Crippen LogP contribution in [0.3, 0.4) is 0 Å². The standard InChI is InChI=1S/C11H23N/c1-3-4-5-6-11-8-7-10(2)12-9-11/h10-12H,3-9H2,1-2H3. The monoisotopic (exact) mass is 169 g/mol. The largest absolute Gasteiger partial charge is 0.314 e. The van der Waals surface area contributed by atoms with Gasteiger partial charge < -0.3 is 5.32 Å². The lowest BCUT2D eigenvalue weighted by molar-refractivity contribution is 0.302. The highest BCUT2D eigenvalue weighted by Crippen LogP contribution is 2.19. The maximum absolute atomic E-state index is 3.56. The number of unbranched alkanes of at least 4 members (excludes halogenated alkanes) is 2. The molecule has 1 aliphatic heterocycles. The summed E-state index contributed by atoms with van der Waals surface area (Å²) < 4.78 is 0. The number of nitrogens with one attached hydrogen (secondary N) is 1. The Balaban J connectivity index is 2.01. The fraction of sp³-hybridized carbons (Fsp3) is 1.00. The topological polar surface area (TPSA) is 12.0 Å². The molecule has 0 saturated carbocycles. The predicted molar refractivity (Wildman–Crippen MR) is 54.3 cm³/mol. The molecule has 1 N–H and O–H groups in total. The molecule has 0 aromatic heterocycles. The summed E-state index contributed by atoms with van der Waals surface area (Å²) in [6.45, 7) is 5.84. The highest BCUT2D eigenvalue weighted by Gasteiger charge is 2.16. The van der Waals surface area contributed by atoms with Crippen LogP contribution in [0.4, 0.5) is 0 Å². The molecule has 1 heteroatoms. The number of piperidine rings is 1. The molecule has 0 amide bonds. The van der Waals surface area contributed by atoms with Crippen molar-refractivity contribution < 1.29 is 0 Å². The molecule has 0 aromatic carbocycles. The number of hydrogen-bond acceptors (Lipinski definition) is 1. The van der Waals surface area contributed by atoms with Gasteiger partial charge in [-0.15, -0.1) is 0 Å². The Hall–Kier alpha value is -0.0400. The van der Waals surface area contributed by atoms with Crippen molar-refractivity contribution in [2.75, 3.05) is 6.54 Å². The lowest BCUT2D eigenvalue weighted by Gasteiger charge is -2.27. The first kappa shape index (κ1) is 10.0. The number of rotatable bonds is 4. The molecule has 0 aromatic rings. The van der Waals surface area contributed by atoms with Crippen LogP contribution >= 0.6 is 0 Å². The van der Waals surface area contributed by atoms with E-state index < -0.39 is 0 Å². The van der Waals surface area contributed by atoms with Crippen LogP contribution in [-0.4, -0.2) is 12.6 Å². The van der Waals surface area contributed by atoms with E-state index in [1.165, 1.54) is 45.1 Å². The van der Waals surface area contributed by atoms with E-state index >= 15 is 0 Å². The minimum atomic E-state index is 0.771. The summed E-state index contributed by atoms with van der Waals surface area (Å²) in [5.74, 6) is 0.979. The Morgan fingerprint density at radius 3 is 2.67 bits per heavy atom. The maximum Gasteiger partial charge on any atom is 0.00389 e. The van der Waals surface area contributed by atoms with Gasteiger partial charge in [0.05, 0.1) is 0 Å². The van der Waals surface area contributed by atoms with Crippen LogP contribution in [0.1, 0.15) is 52.4 Å². The Kier molecular flexibility index (Phi) is 4.67. The van der Waals surface area contributed by atoms with Gasteiger partial charge in [-0.3, -0.25) is 0 Å². The minimum Gasteiger partial charge on any atom is -0.314 e. The molecule has 72 valence electrons. The first-order valence-corrected chi connectivity index (χ1v) is 5.56. The molecular formula is C11H23N. The Labute approximate surface area is 76.9 Å². The Morgan fingerprint density at radius 1 is 1.25 bits per heavy atom. The van der Waals surface area contributed by atoms with Gasteiger partial charge >= 0.3 is 0 Å². The van der Waals surface area contributed by atoms with Gasteiger partial charge in [0, 0.05) is 6.04 Å². The van der Waals surface area contributed by atoms with E-state index in [9.17, 15) is 0 Å². The van der Waals surface area contributed by atoms with E-state index in [2.05, 4.69) is 19.2 Å².